The van der Waals surface area contributed by atoms with Crippen LogP contribution in [0, 0.1) is 16.0 Å². The highest BCUT2D eigenvalue weighted by molar-refractivity contribution is 5.70. The molecule has 1 aromatic rings. The zero-order valence-corrected chi connectivity index (χ0v) is 11.5. The largest absolute Gasteiger partial charge is 0.481 e. The van der Waals surface area contributed by atoms with Crippen LogP contribution in [-0.2, 0) is 4.79 Å². The van der Waals surface area contributed by atoms with Crippen LogP contribution in [0.25, 0.3) is 0 Å². The molecule has 0 radical (unpaired) electrons. The molecular formula is C14H18N2O5. The Kier molecular flexibility index (Phi) is 4.87. The Hall–Kier alpha value is -1.99. The van der Waals surface area contributed by atoms with E-state index in [4.69, 9.17) is 5.11 Å². The summed E-state index contributed by atoms with van der Waals surface area (Å²) in [5.74, 6) is -1.19. The Morgan fingerprint density at radius 1 is 1.43 bits per heavy atom. The Bertz CT molecular complexity index is 517. The van der Waals surface area contributed by atoms with Crippen molar-refractivity contribution in [2.45, 2.75) is 18.9 Å². The monoisotopic (exact) mass is 294 g/mol. The van der Waals surface area contributed by atoms with Crippen LogP contribution in [0.3, 0.4) is 0 Å². The van der Waals surface area contributed by atoms with Crippen LogP contribution < -0.4 is 0 Å². The standard InChI is InChI=1S/C14H18N2O5/c17-13(10-3-5-12(6-4-10)16(20)21)9-15-7-1-2-11(8-15)14(18)19/h3-6,11,13,17H,1-2,7-9H2,(H,18,19). The van der Waals surface area contributed by atoms with Crippen LogP contribution in [0.1, 0.15) is 24.5 Å². The molecule has 21 heavy (non-hydrogen) atoms. The Morgan fingerprint density at radius 2 is 2.10 bits per heavy atom. The fourth-order valence-electron chi connectivity index (χ4n) is 2.59. The fraction of sp³-hybridized carbons (Fsp3) is 0.500. The van der Waals surface area contributed by atoms with Crippen LogP contribution in [0.4, 0.5) is 5.69 Å². The molecular weight excluding hydrogens is 276 g/mol. The van der Waals surface area contributed by atoms with Gasteiger partial charge in [0.15, 0.2) is 0 Å². The summed E-state index contributed by atoms with van der Waals surface area (Å²) in [6.07, 6.45) is 0.682. The molecule has 1 aliphatic heterocycles. The first-order valence-corrected chi connectivity index (χ1v) is 6.85. The topological polar surface area (TPSA) is 104 Å². The van der Waals surface area contributed by atoms with E-state index < -0.39 is 17.0 Å². The van der Waals surface area contributed by atoms with Crippen molar-refractivity contribution in [3.05, 3.63) is 39.9 Å². The fourth-order valence-corrected chi connectivity index (χ4v) is 2.59. The van der Waals surface area contributed by atoms with Crippen molar-refractivity contribution >= 4 is 11.7 Å². The number of nitro benzene ring substituents is 1. The van der Waals surface area contributed by atoms with Gasteiger partial charge in [-0.3, -0.25) is 19.8 Å². The van der Waals surface area contributed by atoms with Crippen molar-refractivity contribution in [3.63, 3.8) is 0 Å². The van der Waals surface area contributed by atoms with Gasteiger partial charge in [0.2, 0.25) is 0 Å². The highest BCUT2D eigenvalue weighted by Crippen LogP contribution is 2.22. The number of likely N-dealkylation sites (tertiary alicyclic amines) is 1. The average Bonchev–Trinajstić information content (AvgIpc) is 2.47. The first-order valence-electron chi connectivity index (χ1n) is 6.85. The van der Waals surface area contributed by atoms with Crippen LogP contribution in [0.2, 0.25) is 0 Å². The minimum Gasteiger partial charge on any atom is -0.481 e. The molecule has 2 atom stereocenters. The number of carboxylic acid groups (broad SMARTS) is 1. The summed E-state index contributed by atoms with van der Waals surface area (Å²) in [5, 5.41) is 29.8. The van der Waals surface area contributed by atoms with Crippen LogP contribution >= 0.6 is 0 Å². The second-order valence-corrected chi connectivity index (χ2v) is 5.30. The number of carboxylic acids is 1. The highest BCUT2D eigenvalue weighted by atomic mass is 16.6. The van der Waals surface area contributed by atoms with Crippen LogP contribution in [-0.4, -0.2) is 45.6 Å². The number of piperidine rings is 1. The third-order valence-electron chi connectivity index (χ3n) is 3.77. The lowest BCUT2D eigenvalue weighted by atomic mass is 9.97. The summed E-state index contributed by atoms with van der Waals surface area (Å²) >= 11 is 0. The van der Waals surface area contributed by atoms with Gasteiger partial charge in [-0.2, -0.15) is 0 Å². The molecule has 0 aromatic heterocycles. The molecule has 1 aromatic carbocycles. The normalized spacial score (nSPS) is 20.9. The Balaban J connectivity index is 1.95. The molecule has 1 fully saturated rings. The molecule has 1 aliphatic rings. The number of aliphatic carboxylic acids is 1. The number of benzene rings is 1. The molecule has 0 bridgehead atoms. The molecule has 2 rings (SSSR count). The molecule has 7 heteroatoms. The van der Waals surface area contributed by atoms with Gasteiger partial charge in [0, 0.05) is 25.2 Å². The average molecular weight is 294 g/mol. The van der Waals surface area contributed by atoms with Gasteiger partial charge in [0.25, 0.3) is 5.69 Å². The third-order valence-corrected chi connectivity index (χ3v) is 3.77. The first kappa shape index (κ1) is 15.4. The number of non-ortho nitro benzene ring substituents is 1. The van der Waals surface area contributed by atoms with E-state index in [1.807, 2.05) is 4.90 Å². The minimum atomic E-state index is -0.801. The molecule has 2 N–H and O–H groups in total. The lowest BCUT2D eigenvalue weighted by Gasteiger charge is -2.32. The van der Waals surface area contributed by atoms with Gasteiger partial charge < -0.3 is 10.2 Å². The number of nitrogens with zero attached hydrogens (tertiary/aromatic N) is 2. The van der Waals surface area contributed by atoms with E-state index in [-0.39, 0.29) is 11.6 Å². The van der Waals surface area contributed by atoms with Gasteiger partial charge in [-0.05, 0) is 37.1 Å². The van der Waals surface area contributed by atoms with Crippen molar-refractivity contribution in [2.24, 2.45) is 5.92 Å². The minimum absolute atomic E-state index is 0.0186. The summed E-state index contributed by atoms with van der Waals surface area (Å²) in [5.41, 5.74) is 0.577. The number of aliphatic hydroxyl groups excluding tert-OH is 1. The predicted molar refractivity (Wildman–Crippen MR) is 74.9 cm³/mol. The lowest BCUT2D eigenvalue weighted by Crippen LogP contribution is -2.40. The summed E-state index contributed by atoms with van der Waals surface area (Å²) in [6.45, 7) is 1.52. The summed E-state index contributed by atoms with van der Waals surface area (Å²) < 4.78 is 0. The molecule has 1 saturated heterocycles. The van der Waals surface area contributed by atoms with Crippen molar-refractivity contribution in [3.8, 4) is 0 Å². The smallest absolute Gasteiger partial charge is 0.307 e. The predicted octanol–water partition coefficient (Wildman–Crippen LogP) is 1.42. The Morgan fingerprint density at radius 3 is 2.67 bits per heavy atom. The van der Waals surface area contributed by atoms with Gasteiger partial charge in [-0.1, -0.05) is 0 Å². The Labute approximate surface area is 122 Å². The van der Waals surface area contributed by atoms with E-state index >= 15 is 0 Å². The summed E-state index contributed by atoms with van der Waals surface area (Å²) in [4.78, 5) is 23.0. The van der Waals surface area contributed by atoms with Gasteiger partial charge in [0.1, 0.15) is 0 Å². The van der Waals surface area contributed by atoms with Crippen LogP contribution in [0.5, 0.6) is 0 Å². The van der Waals surface area contributed by atoms with E-state index in [0.29, 0.717) is 25.1 Å². The maximum atomic E-state index is 11.0. The summed E-state index contributed by atoms with van der Waals surface area (Å²) in [6, 6.07) is 5.77. The van der Waals surface area contributed by atoms with Gasteiger partial charge >= 0.3 is 5.97 Å². The van der Waals surface area contributed by atoms with Crippen molar-refractivity contribution in [1.29, 1.82) is 0 Å². The molecule has 1 heterocycles. The molecule has 2 unspecified atom stereocenters. The summed E-state index contributed by atoms with van der Waals surface area (Å²) in [7, 11) is 0. The first-order chi connectivity index (χ1) is 9.97. The number of β-amino-alcohol motifs (C(OH)–C–C–N with tert-alkyl or cyclic N) is 1. The zero-order valence-electron chi connectivity index (χ0n) is 11.5. The van der Waals surface area contributed by atoms with E-state index in [1.54, 1.807) is 0 Å². The number of aliphatic hydroxyl groups is 1. The van der Waals surface area contributed by atoms with Crippen molar-refractivity contribution in [2.75, 3.05) is 19.6 Å². The molecule has 114 valence electrons. The number of carbonyl (C=O) groups is 1. The van der Waals surface area contributed by atoms with E-state index in [1.165, 1.54) is 24.3 Å². The third kappa shape index (κ3) is 3.99. The van der Waals surface area contributed by atoms with E-state index in [9.17, 15) is 20.0 Å². The van der Waals surface area contributed by atoms with Gasteiger partial charge in [-0.15, -0.1) is 0 Å². The van der Waals surface area contributed by atoms with Gasteiger partial charge in [0.05, 0.1) is 16.9 Å². The SMILES string of the molecule is O=C(O)C1CCCN(CC(O)c2ccc([N+](=O)[O-])cc2)C1. The number of rotatable bonds is 5. The van der Waals surface area contributed by atoms with Crippen molar-refractivity contribution < 1.29 is 19.9 Å². The molecule has 0 saturated carbocycles. The number of hydrogen-bond donors (Lipinski definition) is 2. The highest BCUT2D eigenvalue weighted by Gasteiger charge is 2.26. The van der Waals surface area contributed by atoms with Crippen LogP contribution in [0.15, 0.2) is 24.3 Å². The maximum Gasteiger partial charge on any atom is 0.307 e. The molecule has 0 aliphatic carbocycles. The number of hydrogen-bond acceptors (Lipinski definition) is 5. The zero-order chi connectivity index (χ0) is 15.4. The van der Waals surface area contributed by atoms with E-state index in [2.05, 4.69) is 0 Å². The van der Waals surface area contributed by atoms with Crippen molar-refractivity contribution in [1.82, 2.24) is 4.90 Å². The van der Waals surface area contributed by atoms with Gasteiger partial charge in [-0.25, -0.2) is 0 Å². The quantitative estimate of drug-likeness (QED) is 0.629. The second kappa shape index (κ2) is 6.64. The number of nitro groups is 1. The van der Waals surface area contributed by atoms with E-state index in [0.717, 1.165) is 13.0 Å². The molecule has 0 amide bonds. The molecule has 7 nitrogen and oxygen atoms in total. The lowest BCUT2D eigenvalue weighted by molar-refractivity contribution is -0.384. The molecule has 0 spiro atoms. The second-order valence-electron chi connectivity index (χ2n) is 5.30. The maximum absolute atomic E-state index is 11.0.